The molecular weight excluding hydrogens is 228 g/mol. The molecule has 1 aromatic carbocycles. The Bertz CT molecular complexity index is 426. The number of benzene rings is 1. The van der Waals surface area contributed by atoms with Crippen LogP contribution in [0.2, 0.25) is 0 Å². The van der Waals surface area contributed by atoms with Gasteiger partial charge in [0.25, 0.3) is 0 Å². The summed E-state index contributed by atoms with van der Waals surface area (Å²) in [7, 11) is 0. The second-order valence-electron chi connectivity index (χ2n) is 4.80. The van der Waals surface area contributed by atoms with Gasteiger partial charge in [0, 0.05) is 24.8 Å². The Kier molecular flexibility index (Phi) is 4.33. The molecule has 0 spiro atoms. The first kappa shape index (κ1) is 13.1. The van der Waals surface area contributed by atoms with E-state index >= 15 is 0 Å². The summed E-state index contributed by atoms with van der Waals surface area (Å²) in [6, 6.07) is 6.03. The molecule has 0 aromatic heterocycles. The molecule has 1 amide bonds. The normalized spacial score (nSPS) is 19.7. The number of carbonyl (C=O) groups excluding carboxylic acids is 1. The molecule has 2 rings (SSSR count). The van der Waals surface area contributed by atoms with Gasteiger partial charge in [-0.3, -0.25) is 4.79 Å². The smallest absolute Gasteiger partial charge is 0.248 e. The standard InChI is InChI=1S/C14H20N2O2/c1-10-7-11(14(15)17)4-5-12(10)8-16-13-3-2-6-18-9-13/h4-5,7,13,16H,2-3,6,8-9H2,1H3,(H2,15,17). The predicted molar refractivity (Wildman–Crippen MR) is 70.4 cm³/mol. The molecule has 4 nitrogen and oxygen atoms in total. The topological polar surface area (TPSA) is 64.4 Å². The molecule has 0 saturated carbocycles. The van der Waals surface area contributed by atoms with Gasteiger partial charge in [0.05, 0.1) is 6.61 Å². The first-order chi connectivity index (χ1) is 8.66. The van der Waals surface area contributed by atoms with Crippen LogP contribution in [0.4, 0.5) is 0 Å². The van der Waals surface area contributed by atoms with Gasteiger partial charge in [-0.05, 0) is 43.0 Å². The minimum atomic E-state index is -0.377. The van der Waals surface area contributed by atoms with Crippen molar-refractivity contribution >= 4 is 5.91 Å². The van der Waals surface area contributed by atoms with Crippen molar-refractivity contribution in [3.05, 3.63) is 34.9 Å². The van der Waals surface area contributed by atoms with Crippen LogP contribution in [0.1, 0.15) is 34.3 Å². The van der Waals surface area contributed by atoms with E-state index in [1.807, 2.05) is 19.1 Å². The Morgan fingerprint density at radius 3 is 3.00 bits per heavy atom. The van der Waals surface area contributed by atoms with Crippen LogP contribution >= 0.6 is 0 Å². The van der Waals surface area contributed by atoms with Crippen LogP contribution in [0.25, 0.3) is 0 Å². The van der Waals surface area contributed by atoms with Gasteiger partial charge in [-0.25, -0.2) is 0 Å². The molecule has 1 saturated heterocycles. The zero-order valence-electron chi connectivity index (χ0n) is 10.7. The number of hydrogen-bond acceptors (Lipinski definition) is 3. The number of hydrogen-bond donors (Lipinski definition) is 2. The van der Waals surface area contributed by atoms with Gasteiger partial charge < -0.3 is 15.8 Å². The second-order valence-corrected chi connectivity index (χ2v) is 4.80. The van der Waals surface area contributed by atoms with Crippen LogP contribution < -0.4 is 11.1 Å². The van der Waals surface area contributed by atoms with Crippen LogP contribution in [0, 0.1) is 6.92 Å². The van der Waals surface area contributed by atoms with Crippen LogP contribution in [0.5, 0.6) is 0 Å². The van der Waals surface area contributed by atoms with Crippen molar-refractivity contribution in [2.75, 3.05) is 13.2 Å². The van der Waals surface area contributed by atoms with E-state index in [2.05, 4.69) is 5.32 Å². The second kappa shape index (κ2) is 5.98. The molecule has 98 valence electrons. The van der Waals surface area contributed by atoms with Crippen LogP contribution in [0.15, 0.2) is 18.2 Å². The number of aryl methyl sites for hydroxylation is 1. The molecule has 1 heterocycles. The Balaban J connectivity index is 1.94. The molecule has 1 aliphatic rings. The van der Waals surface area contributed by atoms with Crippen molar-refractivity contribution in [3.63, 3.8) is 0 Å². The van der Waals surface area contributed by atoms with E-state index in [0.29, 0.717) is 11.6 Å². The van der Waals surface area contributed by atoms with Crippen molar-refractivity contribution in [3.8, 4) is 0 Å². The van der Waals surface area contributed by atoms with Crippen molar-refractivity contribution in [2.24, 2.45) is 5.73 Å². The maximum absolute atomic E-state index is 11.1. The molecule has 1 unspecified atom stereocenters. The molecule has 1 atom stereocenters. The fraction of sp³-hybridized carbons (Fsp3) is 0.500. The molecular formula is C14H20N2O2. The Hall–Kier alpha value is -1.39. The van der Waals surface area contributed by atoms with Crippen LogP contribution in [-0.2, 0) is 11.3 Å². The number of ether oxygens (including phenoxy) is 1. The number of primary amides is 1. The predicted octanol–water partition coefficient (Wildman–Crippen LogP) is 1.36. The fourth-order valence-electron chi connectivity index (χ4n) is 2.20. The monoisotopic (exact) mass is 248 g/mol. The zero-order chi connectivity index (χ0) is 13.0. The average molecular weight is 248 g/mol. The average Bonchev–Trinajstić information content (AvgIpc) is 2.38. The van der Waals surface area contributed by atoms with Gasteiger partial charge in [0.1, 0.15) is 0 Å². The lowest BCUT2D eigenvalue weighted by molar-refractivity contribution is 0.0699. The summed E-state index contributed by atoms with van der Waals surface area (Å²) >= 11 is 0. The highest BCUT2D eigenvalue weighted by Crippen LogP contribution is 2.12. The molecule has 0 bridgehead atoms. The summed E-state index contributed by atoms with van der Waals surface area (Å²) in [6.07, 6.45) is 2.29. The highest BCUT2D eigenvalue weighted by molar-refractivity contribution is 5.93. The Labute approximate surface area is 108 Å². The van der Waals surface area contributed by atoms with E-state index in [-0.39, 0.29) is 5.91 Å². The number of nitrogens with one attached hydrogen (secondary N) is 1. The maximum Gasteiger partial charge on any atom is 0.248 e. The minimum Gasteiger partial charge on any atom is -0.380 e. The third-order valence-electron chi connectivity index (χ3n) is 3.37. The molecule has 18 heavy (non-hydrogen) atoms. The zero-order valence-corrected chi connectivity index (χ0v) is 10.7. The minimum absolute atomic E-state index is 0.377. The summed E-state index contributed by atoms with van der Waals surface area (Å²) in [4.78, 5) is 11.1. The van der Waals surface area contributed by atoms with E-state index < -0.39 is 0 Å². The van der Waals surface area contributed by atoms with Crippen LogP contribution in [-0.4, -0.2) is 25.2 Å². The summed E-state index contributed by atoms with van der Waals surface area (Å²) in [5.74, 6) is -0.377. The lowest BCUT2D eigenvalue weighted by atomic mass is 10.0. The Morgan fingerprint density at radius 1 is 1.56 bits per heavy atom. The largest absolute Gasteiger partial charge is 0.380 e. The summed E-state index contributed by atoms with van der Waals surface area (Å²) < 4.78 is 5.43. The van der Waals surface area contributed by atoms with Crippen molar-refractivity contribution in [1.29, 1.82) is 0 Å². The third-order valence-corrected chi connectivity index (χ3v) is 3.37. The highest BCUT2D eigenvalue weighted by Gasteiger charge is 2.13. The molecule has 0 aliphatic carbocycles. The van der Waals surface area contributed by atoms with E-state index in [1.54, 1.807) is 6.07 Å². The van der Waals surface area contributed by atoms with E-state index in [4.69, 9.17) is 10.5 Å². The molecule has 1 fully saturated rings. The van der Waals surface area contributed by atoms with Crippen LogP contribution in [0.3, 0.4) is 0 Å². The SMILES string of the molecule is Cc1cc(C(N)=O)ccc1CNC1CCCOC1. The number of nitrogens with two attached hydrogens (primary N) is 1. The van der Waals surface area contributed by atoms with Gasteiger partial charge in [-0.15, -0.1) is 0 Å². The van der Waals surface area contributed by atoms with Gasteiger partial charge in [-0.1, -0.05) is 6.07 Å². The maximum atomic E-state index is 11.1. The number of carbonyl (C=O) groups is 1. The van der Waals surface area contributed by atoms with Crippen molar-refractivity contribution < 1.29 is 9.53 Å². The molecule has 4 heteroatoms. The number of amides is 1. The lowest BCUT2D eigenvalue weighted by Gasteiger charge is -2.23. The molecule has 1 aromatic rings. The van der Waals surface area contributed by atoms with Gasteiger partial charge in [-0.2, -0.15) is 0 Å². The van der Waals surface area contributed by atoms with E-state index in [9.17, 15) is 4.79 Å². The highest BCUT2D eigenvalue weighted by atomic mass is 16.5. The summed E-state index contributed by atoms with van der Waals surface area (Å²) in [5.41, 5.74) is 8.11. The first-order valence-corrected chi connectivity index (χ1v) is 6.37. The van der Waals surface area contributed by atoms with E-state index in [0.717, 1.165) is 31.7 Å². The van der Waals surface area contributed by atoms with Gasteiger partial charge >= 0.3 is 0 Å². The number of rotatable bonds is 4. The first-order valence-electron chi connectivity index (χ1n) is 6.37. The molecule has 1 aliphatic heterocycles. The summed E-state index contributed by atoms with van der Waals surface area (Å²) in [6.45, 7) is 4.47. The molecule has 3 N–H and O–H groups in total. The third kappa shape index (κ3) is 3.31. The quantitative estimate of drug-likeness (QED) is 0.845. The lowest BCUT2D eigenvalue weighted by Crippen LogP contribution is -2.36. The van der Waals surface area contributed by atoms with Gasteiger partial charge in [0.2, 0.25) is 5.91 Å². The van der Waals surface area contributed by atoms with Crippen molar-refractivity contribution in [1.82, 2.24) is 5.32 Å². The van der Waals surface area contributed by atoms with Gasteiger partial charge in [0.15, 0.2) is 0 Å². The summed E-state index contributed by atoms with van der Waals surface area (Å²) in [5, 5.41) is 3.49. The fourth-order valence-corrected chi connectivity index (χ4v) is 2.20. The van der Waals surface area contributed by atoms with Crippen molar-refractivity contribution in [2.45, 2.75) is 32.4 Å². The van der Waals surface area contributed by atoms with E-state index in [1.165, 1.54) is 12.0 Å². The molecule has 0 radical (unpaired) electrons. The Morgan fingerprint density at radius 2 is 2.39 bits per heavy atom.